The molecule has 3 aliphatic rings. The molecule has 0 spiro atoms. The van der Waals surface area contributed by atoms with Gasteiger partial charge in [0, 0.05) is 12.0 Å². The molecule has 1 aliphatic carbocycles. The van der Waals surface area contributed by atoms with E-state index in [4.69, 9.17) is 4.42 Å². The van der Waals surface area contributed by atoms with Crippen molar-refractivity contribution in [3.05, 3.63) is 23.7 Å². The number of ketones is 1. The van der Waals surface area contributed by atoms with Crippen LogP contribution < -0.4 is 5.32 Å². The third-order valence-electron chi connectivity index (χ3n) is 3.56. The van der Waals surface area contributed by atoms with Gasteiger partial charge in [-0.2, -0.15) is 0 Å². The van der Waals surface area contributed by atoms with E-state index >= 15 is 0 Å². The van der Waals surface area contributed by atoms with Crippen LogP contribution in [-0.2, 0) is 0 Å². The molecule has 0 radical (unpaired) electrons. The summed E-state index contributed by atoms with van der Waals surface area (Å²) in [6.45, 7) is 2.93. The van der Waals surface area contributed by atoms with Gasteiger partial charge in [-0.25, -0.2) is 0 Å². The highest BCUT2D eigenvalue weighted by Crippen LogP contribution is 2.42. The number of hydrogen-bond donors (Lipinski definition) is 1. The van der Waals surface area contributed by atoms with Crippen molar-refractivity contribution in [3.63, 3.8) is 0 Å². The average molecular weight is 191 g/mol. The lowest BCUT2D eigenvalue weighted by Gasteiger charge is -2.32. The Morgan fingerprint density at radius 1 is 1.57 bits per heavy atom. The Kier molecular flexibility index (Phi) is 1.59. The van der Waals surface area contributed by atoms with Gasteiger partial charge in [-0.1, -0.05) is 0 Å². The van der Waals surface area contributed by atoms with Crippen LogP contribution in [0.2, 0.25) is 0 Å². The SMILES string of the molecule is Cc1cocc1C(=O)C1C2CNC1C2. The van der Waals surface area contributed by atoms with E-state index < -0.39 is 0 Å². The van der Waals surface area contributed by atoms with Crippen molar-refractivity contribution in [2.75, 3.05) is 6.54 Å². The molecule has 1 aromatic heterocycles. The van der Waals surface area contributed by atoms with Crippen molar-refractivity contribution in [2.45, 2.75) is 19.4 Å². The summed E-state index contributed by atoms with van der Waals surface area (Å²) in [5, 5.41) is 3.35. The normalized spacial score (nSPS) is 34.2. The molecule has 2 aliphatic heterocycles. The minimum atomic E-state index is 0.214. The first-order chi connectivity index (χ1) is 6.77. The van der Waals surface area contributed by atoms with Gasteiger partial charge in [0.2, 0.25) is 0 Å². The minimum absolute atomic E-state index is 0.214. The lowest BCUT2D eigenvalue weighted by Crippen LogP contribution is -2.42. The summed E-state index contributed by atoms with van der Waals surface area (Å²) < 4.78 is 5.03. The standard InChI is InChI=1S/C11H13NO2/c1-6-4-14-5-8(6)11(13)10-7-2-9(10)12-3-7/h4-5,7,9-10,12H,2-3H2,1H3. The van der Waals surface area contributed by atoms with Crippen LogP contribution in [0.5, 0.6) is 0 Å². The van der Waals surface area contributed by atoms with Gasteiger partial charge in [-0.05, 0) is 31.4 Å². The highest BCUT2D eigenvalue weighted by molar-refractivity contribution is 6.00. The van der Waals surface area contributed by atoms with E-state index in [0.29, 0.717) is 12.0 Å². The zero-order valence-electron chi connectivity index (χ0n) is 8.12. The van der Waals surface area contributed by atoms with Crippen molar-refractivity contribution < 1.29 is 9.21 Å². The van der Waals surface area contributed by atoms with Gasteiger partial charge in [-0.15, -0.1) is 0 Å². The zero-order valence-corrected chi connectivity index (χ0v) is 8.12. The molecule has 3 nitrogen and oxygen atoms in total. The fraction of sp³-hybridized carbons (Fsp3) is 0.545. The van der Waals surface area contributed by atoms with Crippen LogP contribution in [0.3, 0.4) is 0 Å². The third-order valence-corrected chi connectivity index (χ3v) is 3.56. The second-order valence-electron chi connectivity index (χ2n) is 4.37. The number of carbonyl (C=O) groups is 1. The minimum Gasteiger partial charge on any atom is -0.472 e. The summed E-state index contributed by atoms with van der Waals surface area (Å²) in [4.78, 5) is 12.1. The molecule has 2 bridgehead atoms. The molecule has 1 saturated carbocycles. The first-order valence-electron chi connectivity index (χ1n) is 5.08. The van der Waals surface area contributed by atoms with E-state index in [1.807, 2.05) is 6.92 Å². The molecule has 3 fully saturated rings. The summed E-state index contributed by atoms with van der Waals surface area (Å²) >= 11 is 0. The van der Waals surface area contributed by atoms with E-state index in [2.05, 4.69) is 5.32 Å². The van der Waals surface area contributed by atoms with Crippen molar-refractivity contribution >= 4 is 5.78 Å². The van der Waals surface area contributed by atoms with Crippen molar-refractivity contribution in [1.82, 2.24) is 5.32 Å². The molecule has 3 heterocycles. The molecule has 2 saturated heterocycles. The Morgan fingerprint density at radius 2 is 2.43 bits per heavy atom. The summed E-state index contributed by atoms with van der Waals surface area (Å²) in [6, 6.07) is 0.432. The van der Waals surface area contributed by atoms with Gasteiger partial charge in [0.05, 0.1) is 11.8 Å². The van der Waals surface area contributed by atoms with Gasteiger partial charge in [-0.3, -0.25) is 4.79 Å². The smallest absolute Gasteiger partial charge is 0.171 e. The molecular weight excluding hydrogens is 178 g/mol. The fourth-order valence-electron chi connectivity index (χ4n) is 2.66. The van der Waals surface area contributed by atoms with Crippen LogP contribution in [0.4, 0.5) is 0 Å². The van der Waals surface area contributed by atoms with Gasteiger partial charge < -0.3 is 9.73 Å². The van der Waals surface area contributed by atoms with E-state index in [9.17, 15) is 4.79 Å². The first-order valence-corrected chi connectivity index (χ1v) is 5.08. The van der Waals surface area contributed by atoms with E-state index in [1.54, 1.807) is 12.5 Å². The fourth-order valence-corrected chi connectivity index (χ4v) is 2.66. The van der Waals surface area contributed by atoms with Gasteiger partial charge >= 0.3 is 0 Å². The summed E-state index contributed by atoms with van der Waals surface area (Å²) in [7, 11) is 0. The quantitative estimate of drug-likeness (QED) is 0.718. The highest BCUT2D eigenvalue weighted by atomic mass is 16.3. The Balaban J connectivity index is 1.87. The molecule has 4 rings (SSSR count). The lowest BCUT2D eigenvalue weighted by atomic mass is 9.70. The van der Waals surface area contributed by atoms with Crippen LogP contribution in [0.15, 0.2) is 16.9 Å². The number of Topliss-reactive ketones (excluding diaryl/α,β-unsaturated/α-hetero) is 1. The Bertz CT molecular complexity index is 368. The largest absolute Gasteiger partial charge is 0.472 e. The number of rotatable bonds is 2. The monoisotopic (exact) mass is 191 g/mol. The number of carbonyl (C=O) groups excluding carboxylic acids is 1. The Labute approximate surface area is 82.5 Å². The maximum absolute atomic E-state index is 12.1. The summed E-state index contributed by atoms with van der Waals surface area (Å²) in [6.07, 6.45) is 4.39. The topological polar surface area (TPSA) is 42.2 Å². The van der Waals surface area contributed by atoms with Gasteiger partial charge in [0.25, 0.3) is 0 Å². The van der Waals surface area contributed by atoms with Crippen LogP contribution in [0.25, 0.3) is 0 Å². The molecule has 74 valence electrons. The van der Waals surface area contributed by atoms with Crippen molar-refractivity contribution in [3.8, 4) is 0 Å². The molecule has 0 amide bonds. The van der Waals surface area contributed by atoms with Crippen LogP contribution >= 0.6 is 0 Å². The van der Waals surface area contributed by atoms with Crippen molar-refractivity contribution in [2.24, 2.45) is 11.8 Å². The molecule has 0 aromatic carbocycles. The Hall–Kier alpha value is -1.09. The second kappa shape index (κ2) is 2.70. The molecular formula is C11H13NO2. The zero-order chi connectivity index (χ0) is 9.71. The number of nitrogens with one attached hydrogen (secondary N) is 1. The molecule has 3 heteroatoms. The van der Waals surface area contributed by atoms with E-state index in [0.717, 1.165) is 17.7 Å². The Morgan fingerprint density at radius 3 is 2.93 bits per heavy atom. The number of furan rings is 1. The van der Waals surface area contributed by atoms with E-state index in [1.165, 1.54) is 6.42 Å². The summed E-state index contributed by atoms with van der Waals surface area (Å²) in [5.41, 5.74) is 1.73. The van der Waals surface area contributed by atoms with Gasteiger partial charge in [0.1, 0.15) is 6.26 Å². The van der Waals surface area contributed by atoms with Crippen molar-refractivity contribution in [1.29, 1.82) is 0 Å². The maximum atomic E-state index is 12.1. The molecule has 1 aromatic rings. The van der Waals surface area contributed by atoms with Crippen LogP contribution in [0.1, 0.15) is 22.3 Å². The molecule has 14 heavy (non-hydrogen) atoms. The highest BCUT2D eigenvalue weighted by Gasteiger charge is 2.50. The summed E-state index contributed by atoms with van der Waals surface area (Å²) in [5.74, 6) is 1.05. The first kappa shape index (κ1) is 8.24. The number of hydrogen-bond acceptors (Lipinski definition) is 3. The average Bonchev–Trinajstić information content (AvgIpc) is 2.74. The van der Waals surface area contributed by atoms with Crippen LogP contribution in [-0.4, -0.2) is 18.4 Å². The lowest BCUT2D eigenvalue weighted by molar-refractivity contribution is 0.0783. The molecule has 1 N–H and O–H groups in total. The molecule has 3 unspecified atom stereocenters. The second-order valence-corrected chi connectivity index (χ2v) is 4.37. The molecule has 3 atom stereocenters. The van der Waals surface area contributed by atoms with Gasteiger partial charge in [0.15, 0.2) is 5.78 Å². The third kappa shape index (κ3) is 0.932. The maximum Gasteiger partial charge on any atom is 0.171 e. The van der Waals surface area contributed by atoms with E-state index in [-0.39, 0.29) is 11.7 Å². The predicted octanol–water partition coefficient (Wildman–Crippen LogP) is 1.38. The van der Waals surface area contributed by atoms with Crippen LogP contribution in [0, 0.1) is 18.8 Å². The number of fused-ring (bicyclic) bond motifs is 1. The number of aryl methyl sites for hydroxylation is 1. The predicted molar refractivity (Wildman–Crippen MR) is 51.2 cm³/mol.